The molecule has 0 aliphatic carbocycles. The zero-order valence-electron chi connectivity index (χ0n) is 12.4. The first-order valence-electron chi connectivity index (χ1n) is 7.60. The summed E-state index contributed by atoms with van der Waals surface area (Å²) in [6, 6.07) is 0. The van der Waals surface area contributed by atoms with Crippen LogP contribution in [0.1, 0.15) is 71.6 Å². The summed E-state index contributed by atoms with van der Waals surface area (Å²) >= 11 is 0. The Morgan fingerprint density at radius 3 is 2.11 bits per heavy atom. The number of unbranched alkanes of at least 4 members (excludes halogenated alkanes) is 6. The van der Waals surface area contributed by atoms with E-state index in [1.807, 2.05) is 6.92 Å². The summed E-state index contributed by atoms with van der Waals surface area (Å²) in [6.45, 7) is 5.92. The molecule has 0 fully saturated rings. The van der Waals surface area contributed by atoms with Gasteiger partial charge in [-0.3, -0.25) is 0 Å². The molecule has 0 aromatic rings. The smallest absolute Gasteiger partial charge is 0.0608 e. The summed E-state index contributed by atoms with van der Waals surface area (Å²) < 4.78 is 5.59. The first kappa shape index (κ1) is 17.9. The monoisotopic (exact) mass is 259 g/mol. The van der Waals surface area contributed by atoms with Crippen molar-refractivity contribution in [3.8, 4) is 0 Å². The molecule has 3 heteroatoms. The van der Waals surface area contributed by atoms with Crippen molar-refractivity contribution >= 4 is 0 Å². The number of rotatable bonds is 13. The van der Waals surface area contributed by atoms with Gasteiger partial charge in [0.1, 0.15) is 0 Å². The summed E-state index contributed by atoms with van der Waals surface area (Å²) in [7, 11) is 0. The fraction of sp³-hybridized carbons (Fsp3) is 1.00. The number of aliphatic hydroxyl groups is 1. The van der Waals surface area contributed by atoms with Crippen LogP contribution in [0.15, 0.2) is 0 Å². The van der Waals surface area contributed by atoms with E-state index in [-0.39, 0.29) is 6.61 Å². The first-order valence-corrected chi connectivity index (χ1v) is 7.60. The molecule has 0 rings (SSSR count). The third-order valence-electron chi connectivity index (χ3n) is 3.29. The predicted octanol–water partition coefficient (Wildman–Crippen LogP) is 3.24. The van der Waals surface area contributed by atoms with E-state index < -0.39 is 5.54 Å². The Balaban J connectivity index is 3.08. The zero-order valence-corrected chi connectivity index (χ0v) is 12.4. The fourth-order valence-corrected chi connectivity index (χ4v) is 1.90. The second-order valence-electron chi connectivity index (χ2n) is 5.65. The predicted molar refractivity (Wildman–Crippen MR) is 77.7 cm³/mol. The summed E-state index contributed by atoms with van der Waals surface area (Å²) in [5.74, 6) is 0. The third-order valence-corrected chi connectivity index (χ3v) is 3.29. The third kappa shape index (κ3) is 12.3. The Bertz CT molecular complexity index is 172. The van der Waals surface area contributed by atoms with Gasteiger partial charge in [-0.25, -0.2) is 0 Å². The normalized spacial score (nSPS) is 14.7. The lowest BCUT2D eigenvalue weighted by Gasteiger charge is -2.21. The van der Waals surface area contributed by atoms with E-state index in [1.54, 1.807) is 0 Å². The van der Waals surface area contributed by atoms with Gasteiger partial charge in [-0.1, -0.05) is 39.0 Å². The quantitative estimate of drug-likeness (QED) is 0.499. The maximum Gasteiger partial charge on any atom is 0.0608 e. The van der Waals surface area contributed by atoms with Crippen molar-refractivity contribution in [2.75, 3.05) is 19.8 Å². The lowest BCUT2D eigenvalue weighted by Crippen LogP contribution is -2.39. The van der Waals surface area contributed by atoms with Gasteiger partial charge < -0.3 is 15.6 Å². The molecule has 0 saturated carbocycles. The number of hydrogen-bond donors (Lipinski definition) is 2. The van der Waals surface area contributed by atoms with Crippen LogP contribution >= 0.6 is 0 Å². The van der Waals surface area contributed by atoms with E-state index in [0.29, 0.717) is 0 Å². The van der Waals surface area contributed by atoms with E-state index in [0.717, 1.165) is 32.5 Å². The van der Waals surface area contributed by atoms with E-state index in [9.17, 15) is 0 Å². The van der Waals surface area contributed by atoms with Crippen molar-refractivity contribution in [1.29, 1.82) is 0 Å². The van der Waals surface area contributed by atoms with Gasteiger partial charge in [0.25, 0.3) is 0 Å². The number of nitrogens with two attached hydrogens (primary N) is 1. The highest BCUT2D eigenvalue weighted by molar-refractivity contribution is 4.76. The summed E-state index contributed by atoms with van der Waals surface area (Å²) in [5, 5.41) is 9.00. The highest BCUT2D eigenvalue weighted by Crippen LogP contribution is 2.10. The molecule has 0 aromatic carbocycles. The van der Waals surface area contributed by atoms with E-state index in [2.05, 4.69) is 6.92 Å². The minimum absolute atomic E-state index is 0.0611. The van der Waals surface area contributed by atoms with E-state index in [4.69, 9.17) is 15.6 Å². The van der Waals surface area contributed by atoms with E-state index in [1.165, 1.54) is 38.5 Å². The molecule has 0 aliphatic rings. The van der Waals surface area contributed by atoms with Gasteiger partial charge in [0, 0.05) is 18.8 Å². The number of hydrogen-bond acceptors (Lipinski definition) is 3. The van der Waals surface area contributed by atoms with Crippen LogP contribution in [0.5, 0.6) is 0 Å². The van der Waals surface area contributed by atoms with Crippen LogP contribution in [0.4, 0.5) is 0 Å². The topological polar surface area (TPSA) is 55.5 Å². The molecule has 0 saturated heterocycles. The van der Waals surface area contributed by atoms with Crippen LogP contribution in [0.2, 0.25) is 0 Å². The maximum atomic E-state index is 9.00. The van der Waals surface area contributed by atoms with Crippen LogP contribution in [0.3, 0.4) is 0 Å². The highest BCUT2D eigenvalue weighted by atomic mass is 16.5. The molecule has 0 bridgehead atoms. The Kier molecular flexibility index (Phi) is 11.9. The average Bonchev–Trinajstić information content (AvgIpc) is 2.36. The van der Waals surface area contributed by atoms with Gasteiger partial charge in [-0.05, 0) is 32.6 Å². The second-order valence-corrected chi connectivity index (χ2v) is 5.65. The van der Waals surface area contributed by atoms with Gasteiger partial charge in [0.05, 0.1) is 6.61 Å². The van der Waals surface area contributed by atoms with Crippen molar-refractivity contribution in [2.24, 2.45) is 5.73 Å². The molecular weight excluding hydrogens is 226 g/mol. The molecule has 0 radical (unpaired) electrons. The van der Waals surface area contributed by atoms with Crippen molar-refractivity contribution in [3.05, 3.63) is 0 Å². The van der Waals surface area contributed by atoms with Gasteiger partial charge in [-0.15, -0.1) is 0 Å². The van der Waals surface area contributed by atoms with E-state index >= 15 is 0 Å². The highest BCUT2D eigenvalue weighted by Gasteiger charge is 2.15. The molecule has 0 spiro atoms. The zero-order chi connectivity index (χ0) is 13.7. The van der Waals surface area contributed by atoms with Crippen LogP contribution in [-0.2, 0) is 4.74 Å². The standard InChI is InChI=1S/C15H33NO2/c1-3-4-5-6-7-9-12-18-13-10-8-11-15(2,16)14-17/h17H,3-14,16H2,1-2H3. The number of aliphatic hydroxyl groups excluding tert-OH is 1. The van der Waals surface area contributed by atoms with Gasteiger partial charge in [0.2, 0.25) is 0 Å². The Morgan fingerprint density at radius 1 is 0.944 bits per heavy atom. The number of ether oxygens (including phenoxy) is 1. The average molecular weight is 259 g/mol. The minimum atomic E-state index is -0.417. The Morgan fingerprint density at radius 2 is 1.50 bits per heavy atom. The van der Waals surface area contributed by atoms with Gasteiger partial charge in [-0.2, -0.15) is 0 Å². The molecule has 18 heavy (non-hydrogen) atoms. The summed E-state index contributed by atoms with van der Waals surface area (Å²) in [5.41, 5.74) is 5.43. The molecular formula is C15H33NO2. The molecule has 0 amide bonds. The van der Waals surface area contributed by atoms with Crippen molar-refractivity contribution in [2.45, 2.75) is 77.2 Å². The molecule has 0 heterocycles. The van der Waals surface area contributed by atoms with Crippen LogP contribution in [-0.4, -0.2) is 30.5 Å². The summed E-state index contributed by atoms with van der Waals surface area (Å²) in [6.07, 6.45) is 10.8. The molecule has 3 nitrogen and oxygen atoms in total. The van der Waals surface area contributed by atoms with Crippen molar-refractivity contribution in [3.63, 3.8) is 0 Å². The molecule has 0 aliphatic heterocycles. The Labute approximate surface area is 113 Å². The first-order chi connectivity index (χ1) is 8.62. The molecule has 110 valence electrons. The fourth-order valence-electron chi connectivity index (χ4n) is 1.90. The molecule has 0 aromatic heterocycles. The lowest BCUT2D eigenvalue weighted by molar-refractivity contribution is 0.122. The minimum Gasteiger partial charge on any atom is -0.394 e. The Hall–Kier alpha value is -0.120. The van der Waals surface area contributed by atoms with Crippen LogP contribution < -0.4 is 5.73 Å². The SMILES string of the molecule is CCCCCCCCOCCCCC(C)(N)CO. The largest absolute Gasteiger partial charge is 0.394 e. The van der Waals surface area contributed by atoms with Crippen LogP contribution in [0.25, 0.3) is 0 Å². The maximum absolute atomic E-state index is 9.00. The summed E-state index contributed by atoms with van der Waals surface area (Å²) in [4.78, 5) is 0. The lowest BCUT2D eigenvalue weighted by atomic mass is 9.97. The van der Waals surface area contributed by atoms with Crippen molar-refractivity contribution < 1.29 is 9.84 Å². The van der Waals surface area contributed by atoms with Gasteiger partial charge in [0.15, 0.2) is 0 Å². The second kappa shape index (κ2) is 11.9. The van der Waals surface area contributed by atoms with Gasteiger partial charge >= 0.3 is 0 Å². The van der Waals surface area contributed by atoms with Crippen LogP contribution in [0, 0.1) is 0 Å². The molecule has 3 N–H and O–H groups in total. The van der Waals surface area contributed by atoms with Crippen molar-refractivity contribution in [1.82, 2.24) is 0 Å². The molecule has 1 unspecified atom stereocenters. The molecule has 1 atom stereocenters.